The molecule has 11 unspecified atom stereocenters. The highest BCUT2D eigenvalue weighted by molar-refractivity contribution is 5.69. The smallest absolute Gasteiger partial charge is 0.306 e. The van der Waals surface area contributed by atoms with E-state index in [1.54, 1.807) is 0 Å². The van der Waals surface area contributed by atoms with E-state index in [1.165, 1.54) is 19.3 Å². The Hall–Kier alpha value is -3.87. The molecule has 81 heavy (non-hydrogen) atoms. The fourth-order valence-electron chi connectivity index (χ4n) is 8.78. The van der Waals surface area contributed by atoms with Crippen molar-refractivity contribution in [2.75, 3.05) is 33.0 Å². The minimum Gasteiger partial charge on any atom is -0.457 e. The molecule has 0 aliphatic carbocycles. The topological polar surface area (TPSA) is 214 Å². The highest BCUT2D eigenvalue weighted by Gasteiger charge is 2.47. The zero-order chi connectivity index (χ0) is 58.6. The van der Waals surface area contributed by atoms with E-state index in [0.717, 1.165) is 135 Å². The number of ether oxygens (including phenoxy) is 6. The van der Waals surface area contributed by atoms with E-state index in [1.807, 2.05) is 0 Å². The lowest BCUT2D eigenvalue weighted by Crippen LogP contribution is -2.61. The molecule has 2 saturated heterocycles. The third-order valence-corrected chi connectivity index (χ3v) is 13.7. The second-order valence-corrected chi connectivity index (χ2v) is 20.8. The molecular formula is C67H108O14. The molecule has 0 amide bonds. The van der Waals surface area contributed by atoms with E-state index in [4.69, 9.17) is 28.4 Å². The number of esters is 1. The molecule has 0 spiro atoms. The van der Waals surface area contributed by atoms with Gasteiger partial charge in [-0.05, 0) is 109 Å². The summed E-state index contributed by atoms with van der Waals surface area (Å²) in [7, 11) is 0. The van der Waals surface area contributed by atoms with Crippen LogP contribution in [0.25, 0.3) is 0 Å². The second kappa shape index (κ2) is 51.7. The number of aliphatic hydroxyl groups excluding tert-OH is 7. The Morgan fingerprint density at radius 1 is 0.407 bits per heavy atom. The molecule has 14 heteroatoms. The van der Waals surface area contributed by atoms with E-state index < -0.39 is 86.7 Å². The molecule has 0 aromatic heterocycles. The monoisotopic (exact) mass is 1140 g/mol. The van der Waals surface area contributed by atoms with Gasteiger partial charge in [0.05, 0.1) is 26.4 Å². The summed E-state index contributed by atoms with van der Waals surface area (Å²) < 4.78 is 34.4. The Morgan fingerprint density at radius 2 is 0.765 bits per heavy atom. The SMILES string of the molecule is CC/C=C\C/C=C\C/C=C\C/C=C\C/C=C\C/C=C\CCCCCCCCCOCC(COC1OC(COC2OC(CO)C(O)C(O)C2O)C(O)C(O)C1O)OC(=O)CCCCCCC/C=C\C/C=C\C/C=C\C/C=C\C/C=C\CC. The summed E-state index contributed by atoms with van der Waals surface area (Å²) >= 11 is 0. The van der Waals surface area contributed by atoms with E-state index >= 15 is 0 Å². The largest absolute Gasteiger partial charge is 0.457 e. The van der Waals surface area contributed by atoms with Gasteiger partial charge in [-0.1, -0.05) is 199 Å². The lowest BCUT2D eigenvalue weighted by atomic mass is 9.98. The van der Waals surface area contributed by atoms with Crippen molar-refractivity contribution >= 4 is 5.97 Å². The molecule has 2 fully saturated rings. The number of hydrogen-bond donors (Lipinski definition) is 7. The van der Waals surface area contributed by atoms with Gasteiger partial charge in [0, 0.05) is 13.0 Å². The predicted octanol–water partition coefficient (Wildman–Crippen LogP) is 11.9. The Kier molecular flexibility index (Phi) is 46.8. The fourth-order valence-corrected chi connectivity index (χ4v) is 8.78. The number of aliphatic hydroxyl groups is 7. The highest BCUT2D eigenvalue weighted by atomic mass is 16.7. The average molecular weight is 1140 g/mol. The fraction of sp³-hybridized carbons (Fsp3) is 0.657. The van der Waals surface area contributed by atoms with Crippen LogP contribution < -0.4 is 0 Å². The lowest BCUT2D eigenvalue weighted by Gasteiger charge is -2.42. The Balaban J connectivity index is 1.72. The molecule has 14 nitrogen and oxygen atoms in total. The van der Waals surface area contributed by atoms with E-state index in [9.17, 15) is 40.5 Å². The van der Waals surface area contributed by atoms with Gasteiger partial charge >= 0.3 is 5.97 Å². The van der Waals surface area contributed by atoms with Crippen molar-refractivity contribution in [2.24, 2.45) is 0 Å². The molecule has 0 aromatic carbocycles. The first-order valence-electron chi connectivity index (χ1n) is 30.8. The van der Waals surface area contributed by atoms with E-state index in [0.29, 0.717) is 13.0 Å². The first-order valence-corrected chi connectivity index (χ1v) is 30.8. The van der Waals surface area contributed by atoms with Crippen molar-refractivity contribution < 1.29 is 69.0 Å². The van der Waals surface area contributed by atoms with Gasteiger partial charge in [0.25, 0.3) is 0 Å². The van der Waals surface area contributed by atoms with Crippen LogP contribution in [0.1, 0.15) is 181 Å². The maximum Gasteiger partial charge on any atom is 0.306 e. The minimum absolute atomic E-state index is 0.0355. The quantitative estimate of drug-likeness (QED) is 0.0172. The number of hydrogen-bond acceptors (Lipinski definition) is 14. The van der Waals surface area contributed by atoms with Gasteiger partial charge in [-0.15, -0.1) is 0 Å². The molecular weight excluding hydrogens is 1030 g/mol. The summed E-state index contributed by atoms with van der Waals surface area (Å²) in [5, 5.41) is 72.5. The number of rotatable bonds is 48. The van der Waals surface area contributed by atoms with Crippen LogP contribution in [0.2, 0.25) is 0 Å². The van der Waals surface area contributed by atoms with Crippen molar-refractivity contribution in [1.29, 1.82) is 0 Å². The van der Waals surface area contributed by atoms with Gasteiger partial charge in [0.15, 0.2) is 12.6 Å². The van der Waals surface area contributed by atoms with Gasteiger partial charge < -0.3 is 64.2 Å². The Morgan fingerprint density at radius 3 is 1.20 bits per heavy atom. The Bertz CT molecular complexity index is 1850. The molecule has 0 radical (unpaired) electrons. The summed E-state index contributed by atoms with van der Waals surface area (Å²) in [5.74, 6) is -0.404. The summed E-state index contributed by atoms with van der Waals surface area (Å²) in [4.78, 5) is 13.1. The summed E-state index contributed by atoms with van der Waals surface area (Å²) in [6, 6.07) is 0. The average Bonchev–Trinajstić information content (AvgIpc) is 3.60. The van der Waals surface area contributed by atoms with Gasteiger partial charge in [0.2, 0.25) is 0 Å². The number of allylic oxidation sites excluding steroid dienone is 22. The second-order valence-electron chi connectivity index (χ2n) is 20.8. The maximum atomic E-state index is 13.1. The van der Waals surface area contributed by atoms with Crippen LogP contribution >= 0.6 is 0 Å². The van der Waals surface area contributed by atoms with Gasteiger partial charge in [0.1, 0.15) is 54.9 Å². The zero-order valence-corrected chi connectivity index (χ0v) is 49.5. The van der Waals surface area contributed by atoms with Crippen LogP contribution in [0.3, 0.4) is 0 Å². The molecule has 0 saturated carbocycles. The molecule has 0 aromatic rings. The summed E-state index contributed by atoms with van der Waals surface area (Å²) in [5.41, 5.74) is 0. The Labute approximate surface area is 488 Å². The van der Waals surface area contributed by atoms with Crippen LogP contribution in [-0.4, -0.2) is 142 Å². The van der Waals surface area contributed by atoms with Crippen molar-refractivity contribution in [2.45, 2.75) is 248 Å². The molecule has 2 aliphatic rings. The van der Waals surface area contributed by atoms with Crippen LogP contribution in [0.4, 0.5) is 0 Å². The zero-order valence-electron chi connectivity index (χ0n) is 49.5. The number of carbonyl (C=O) groups is 1. The first kappa shape index (κ1) is 73.2. The van der Waals surface area contributed by atoms with Crippen LogP contribution in [0.15, 0.2) is 134 Å². The predicted molar refractivity (Wildman–Crippen MR) is 325 cm³/mol. The first-order chi connectivity index (χ1) is 39.6. The van der Waals surface area contributed by atoms with E-state index in [2.05, 4.69) is 148 Å². The molecule has 0 bridgehead atoms. The summed E-state index contributed by atoms with van der Waals surface area (Å²) in [6.07, 6.45) is 57.9. The summed E-state index contributed by atoms with van der Waals surface area (Å²) in [6.45, 7) is 3.38. The van der Waals surface area contributed by atoms with E-state index in [-0.39, 0.29) is 19.6 Å². The van der Waals surface area contributed by atoms with Crippen molar-refractivity contribution in [3.05, 3.63) is 134 Å². The van der Waals surface area contributed by atoms with Crippen LogP contribution in [0, 0.1) is 0 Å². The standard InChI is InChI=1S/C67H108O14/c1-3-5-7-9-11-13-15-17-19-21-23-25-26-27-28-29-31-33-35-37-39-41-43-45-47-49-51-76-53-56(54-77-66-65(75)63(73)61(71)58(81-66)55-78-67-64(74)62(72)60(70)57(52-68)80-67)79-59(69)50-48-46-44-42-40-38-36-34-32-30-24-22-20-18-16-14-12-10-8-6-4-2/h5-8,11-14,17-20,23-25,27-28,30-31,33-34,36,56-58,60-68,70-75H,3-4,9-10,15-16,21-22,26,29,32,35,37-55H2,1-2H3/b7-5-,8-6-,13-11-,14-12-,19-17-,20-18-,25-23-,28-27-,30-24-,33-31-,36-34-. The molecule has 2 rings (SSSR count). The number of unbranched alkanes of at least 4 members (excludes halogenated alkanes) is 12. The molecule has 11 atom stereocenters. The molecule has 7 N–H and O–H groups in total. The van der Waals surface area contributed by atoms with Gasteiger partial charge in [-0.2, -0.15) is 0 Å². The minimum atomic E-state index is -1.72. The van der Waals surface area contributed by atoms with Crippen LogP contribution in [-0.2, 0) is 33.2 Å². The van der Waals surface area contributed by atoms with Crippen molar-refractivity contribution in [3.8, 4) is 0 Å². The van der Waals surface area contributed by atoms with Gasteiger partial charge in [-0.3, -0.25) is 4.79 Å². The maximum absolute atomic E-state index is 13.1. The normalized spacial score (nSPS) is 24.7. The molecule has 2 aliphatic heterocycles. The number of carbonyl (C=O) groups excluding carboxylic acids is 1. The van der Waals surface area contributed by atoms with Gasteiger partial charge in [-0.25, -0.2) is 0 Å². The van der Waals surface area contributed by atoms with Crippen molar-refractivity contribution in [3.63, 3.8) is 0 Å². The molecule has 2 heterocycles. The van der Waals surface area contributed by atoms with Crippen molar-refractivity contribution in [1.82, 2.24) is 0 Å². The van der Waals surface area contributed by atoms with Crippen LogP contribution in [0.5, 0.6) is 0 Å². The highest BCUT2D eigenvalue weighted by Crippen LogP contribution is 2.26. The molecule has 460 valence electrons. The third-order valence-electron chi connectivity index (χ3n) is 13.7. The lowest BCUT2D eigenvalue weighted by molar-refractivity contribution is -0.332. The third kappa shape index (κ3) is 37.9.